The molecule has 0 saturated heterocycles. The Morgan fingerprint density at radius 3 is 0.976 bits per heavy atom. The summed E-state index contributed by atoms with van der Waals surface area (Å²) < 4.78 is 5.48. The van der Waals surface area contributed by atoms with Gasteiger partial charge in [-0.05, 0) is 57.8 Å². The van der Waals surface area contributed by atoms with Gasteiger partial charge in [0.15, 0.2) is 0 Å². The van der Waals surface area contributed by atoms with Crippen molar-refractivity contribution < 1.29 is 24.5 Å². The molecule has 0 saturated carbocycles. The summed E-state index contributed by atoms with van der Waals surface area (Å²) in [5, 5.41) is 23.3. The highest BCUT2D eigenvalue weighted by molar-refractivity contribution is 5.76. The molecule has 0 aromatic heterocycles. The average molecular weight is 1150 g/mol. The maximum atomic E-state index is 12.5. The molecular weight excluding hydrogens is 1010 g/mol. The summed E-state index contributed by atoms with van der Waals surface area (Å²) in [6, 6.07) is -0.627. The van der Waals surface area contributed by atoms with Crippen molar-refractivity contribution in [3.8, 4) is 0 Å². The van der Waals surface area contributed by atoms with Crippen LogP contribution in [0.2, 0.25) is 0 Å². The van der Waals surface area contributed by atoms with Gasteiger partial charge in [0.1, 0.15) is 0 Å². The van der Waals surface area contributed by atoms with Gasteiger partial charge in [0, 0.05) is 12.8 Å². The smallest absolute Gasteiger partial charge is 0.305 e. The van der Waals surface area contributed by atoms with Crippen LogP contribution in [-0.2, 0) is 14.3 Å². The van der Waals surface area contributed by atoms with E-state index in [1.54, 1.807) is 6.08 Å². The van der Waals surface area contributed by atoms with E-state index in [0.717, 1.165) is 51.4 Å². The number of carbonyl (C=O) groups excluding carboxylic acids is 2. The number of rotatable bonds is 70. The van der Waals surface area contributed by atoms with E-state index in [1.165, 1.54) is 334 Å². The van der Waals surface area contributed by atoms with E-state index in [-0.39, 0.29) is 18.5 Å². The summed E-state index contributed by atoms with van der Waals surface area (Å²) in [7, 11) is 0. The predicted molar refractivity (Wildman–Crippen MR) is 361 cm³/mol. The van der Waals surface area contributed by atoms with Gasteiger partial charge in [0.2, 0.25) is 5.91 Å². The lowest BCUT2D eigenvalue weighted by Gasteiger charge is -2.20. The zero-order valence-electron chi connectivity index (χ0n) is 55.5. The number of allylic oxidation sites excluding steroid dienone is 5. The molecule has 0 aliphatic carbocycles. The van der Waals surface area contributed by atoms with Crippen molar-refractivity contribution in [2.75, 3.05) is 13.2 Å². The molecule has 0 rings (SSSR count). The lowest BCUT2D eigenvalue weighted by atomic mass is 10.0. The third-order valence-electron chi connectivity index (χ3n) is 17.4. The minimum atomic E-state index is -0.844. The highest BCUT2D eigenvalue weighted by Gasteiger charge is 2.18. The number of hydrogen-bond donors (Lipinski definition) is 3. The normalized spacial score (nSPS) is 12.7. The first-order valence-electron chi connectivity index (χ1n) is 37.3. The first-order chi connectivity index (χ1) is 40.5. The Bertz CT molecular complexity index is 1330. The number of ether oxygens (including phenoxy) is 1. The summed E-state index contributed by atoms with van der Waals surface area (Å²) in [5.74, 6) is -0.0568. The van der Waals surface area contributed by atoms with Crippen LogP contribution in [0.15, 0.2) is 36.5 Å². The molecule has 6 heteroatoms. The van der Waals surface area contributed by atoms with Gasteiger partial charge in [-0.15, -0.1) is 0 Å². The zero-order valence-corrected chi connectivity index (χ0v) is 55.5. The first-order valence-corrected chi connectivity index (χ1v) is 37.3. The number of unbranched alkanes of at least 4 members (excludes halogenated alkanes) is 55. The van der Waals surface area contributed by atoms with Crippen LogP contribution in [0.3, 0.4) is 0 Å². The summed E-state index contributed by atoms with van der Waals surface area (Å²) >= 11 is 0. The van der Waals surface area contributed by atoms with Gasteiger partial charge >= 0.3 is 5.97 Å². The van der Waals surface area contributed by atoms with Crippen molar-refractivity contribution in [1.29, 1.82) is 0 Å². The van der Waals surface area contributed by atoms with Gasteiger partial charge in [0.05, 0.1) is 25.4 Å². The van der Waals surface area contributed by atoms with E-state index >= 15 is 0 Å². The van der Waals surface area contributed by atoms with E-state index < -0.39 is 12.1 Å². The Morgan fingerprint density at radius 2 is 0.634 bits per heavy atom. The number of aliphatic hydroxyl groups is 2. The SMILES string of the molecule is CCC/C=C\C/C=C\CCCCCCCC(=O)OCCCCCCCCCCCCCCCCCCCCCCCCCCCCCCC(=O)NC(CO)C(O)/C=C/CCCCCCCCCCCCCCCCCCCCCCCC. The second-order valence-electron chi connectivity index (χ2n) is 25.6. The molecule has 0 fully saturated rings. The molecule has 3 N–H and O–H groups in total. The number of esters is 1. The molecule has 2 unspecified atom stereocenters. The largest absolute Gasteiger partial charge is 0.466 e. The molecule has 0 aromatic rings. The van der Waals surface area contributed by atoms with Crippen LogP contribution in [0.25, 0.3) is 0 Å². The quantitative estimate of drug-likeness (QED) is 0.0320. The zero-order chi connectivity index (χ0) is 59.2. The van der Waals surface area contributed by atoms with Crippen LogP contribution < -0.4 is 5.32 Å². The molecule has 484 valence electrons. The Morgan fingerprint density at radius 1 is 0.341 bits per heavy atom. The highest BCUT2D eigenvalue weighted by atomic mass is 16.5. The molecule has 0 aromatic carbocycles. The molecule has 1 amide bonds. The molecule has 82 heavy (non-hydrogen) atoms. The second kappa shape index (κ2) is 71.6. The van der Waals surface area contributed by atoms with Crippen LogP contribution in [0.4, 0.5) is 0 Å². The summed E-state index contributed by atoms with van der Waals surface area (Å²) in [4.78, 5) is 24.6. The Kier molecular flexibility index (Phi) is 69.9. The number of nitrogens with one attached hydrogen (secondary N) is 1. The van der Waals surface area contributed by atoms with Gasteiger partial charge in [0.25, 0.3) is 0 Å². The van der Waals surface area contributed by atoms with Crippen LogP contribution >= 0.6 is 0 Å². The molecule has 0 spiro atoms. The summed E-state index contributed by atoms with van der Waals surface area (Å²) in [6.07, 6.45) is 92.4. The molecule has 0 radical (unpaired) electrons. The lowest BCUT2D eigenvalue weighted by molar-refractivity contribution is -0.143. The van der Waals surface area contributed by atoms with Gasteiger partial charge in [-0.1, -0.05) is 378 Å². The van der Waals surface area contributed by atoms with Gasteiger partial charge in [-0.2, -0.15) is 0 Å². The molecule has 0 aliphatic rings. The van der Waals surface area contributed by atoms with Crippen LogP contribution in [0.5, 0.6) is 0 Å². The minimum Gasteiger partial charge on any atom is -0.466 e. The average Bonchev–Trinajstić information content (AvgIpc) is 3.48. The third kappa shape index (κ3) is 67.2. The number of hydrogen-bond acceptors (Lipinski definition) is 5. The minimum absolute atomic E-state index is 0.00358. The Labute approximate surface area is 513 Å². The molecule has 2 atom stereocenters. The fourth-order valence-electron chi connectivity index (χ4n) is 11.7. The van der Waals surface area contributed by atoms with Crippen molar-refractivity contribution in [2.24, 2.45) is 0 Å². The maximum Gasteiger partial charge on any atom is 0.305 e. The Hall–Kier alpha value is -1.92. The summed E-state index contributed by atoms with van der Waals surface area (Å²) in [5.41, 5.74) is 0. The standard InChI is InChI=1S/C76H145NO5/c1-3-5-7-9-11-13-15-17-18-19-20-21-22-29-32-35-38-41-45-48-52-56-60-64-68-74(79)73(72-78)77-75(80)69-65-61-57-53-49-46-42-39-36-33-30-27-25-23-24-26-28-31-34-37-40-43-47-51-55-59-63-67-71-82-76(81)70-66-62-58-54-50-44-16-14-12-10-8-6-4-2/h8,10,14,16,64,68,73-74,78-79H,3-7,9,11-13,15,17-63,65-67,69-72H2,1-2H3,(H,77,80)/b10-8-,16-14-,68-64+. The number of carbonyl (C=O) groups is 2. The van der Waals surface area contributed by atoms with E-state index in [4.69, 9.17) is 4.74 Å². The van der Waals surface area contributed by atoms with Gasteiger partial charge in [-0.25, -0.2) is 0 Å². The van der Waals surface area contributed by atoms with Crippen LogP contribution in [0, 0.1) is 0 Å². The fraction of sp³-hybridized carbons (Fsp3) is 0.895. The molecule has 0 aliphatic heterocycles. The monoisotopic (exact) mass is 1150 g/mol. The number of amides is 1. The van der Waals surface area contributed by atoms with Gasteiger partial charge in [-0.3, -0.25) is 9.59 Å². The van der Waals surface area contributed by atoms with E-state index in [1.807, 2.05) is 6.08 Å². The highest BCUT2D eigenvalue weighted by Crippen LogP contribution is 2.19. The Balaban J connectivity index is 3.38. The molecule has 0 heterocycles. The molecule has 6 nitrogen and oxygen atoms in total. The van der Waals surface area contributed by atoms with Crippen molar-refractivity contribution in [3.63, 3.8) is 0 Å². The van der Waals surface area contributed by atoms with Crippen LogP contribution in [-0.4, -0.2) is 47.4 Å². The second-order valence-corrected chi connectivity index (χ2v) is 25.6. The van der Waals surface area contributed by atoms with Crippen molar-refractivity contribution in [2.45, 2.75) is 424 Å². The number of aliphatic hydroxyl groups excluding tert-OH is 2. The lowest BCUT2D eigenvalue weighted by Crippen LogP contribution is -2.45. The van der Waals surface area contributed by atoms with E-state index in [2.05, 4.69) is 43.5 Å². The van der Waals surface area contributed by atoms with Gasteiger partial charge < -0.3 is 20.3 Å². The van der Waals surface area contributed by atoms with Crippen molar-refractivity contribution in [3.05, 3.63) is 36.5 Å². The predicted octanol–water partition coefficient (Wildman–Crippen LogP) is 24.3. The van der Waals surface area contributed by atoms with E-state index in [9.17, 15) is 19.8 Å². The first kappa shape index (κ1) is 80.1. The molecular formula is C76H145NO5. The van der Waals surface area contributed by atoms with Crippen molar-refractivity contribution >= 4 is 11.9 Å². The fourth-order valence-corrected chi connectivity index (χ4v) is 11.7. The van der Waals surface area contributed by atoms with Crippen LogP contribution in [0.1, 0.15) is 412 Å². The molecule has 0 bridgehead atoms. The van der Waals surface area contributed by atoms with E-state index in [0.29, 0.717) is 19.4 Å². The third-order valence-corrected chi connectivity index (χ3v) is 17.4. The topological polar surface area (TPSA) is 95.9 Å². The summed E-state index contributed by atoms with van der Waals surface area (Å²) in [6.45, 7) is 4.88. The van der Waals surface area contributed by atoms with Crippen molar-refractivity contribution in [1.82, 2.24) is 5.32 Å². The maximum absolute atomic E-state index is 12.5.